The molecule has 0 aliphatic rings. The molecule has 0 aromatic carbocycles. The topological polar surface area (TPSA) is 83.0 Å². The zero-order valence-corrected chi connectivity index (χ0v) is 12.6. The van der Waals surface area contributed by atoms with Crippen LogP contribution in [0.25, 0.3) is 0 Å². The fraction of sp³-hybridized carbons (Fsp3) is 0.727. The quantitative estimate of drug-likeness (QED) is 0.632. The summed E-state index contributed by atoms with van der Waals surface area (Å²) in [4.78, 5) is 12.0. The van der Waals surface area contributed by atoms with Gasteiger partial charge in [0.15, 0.2) is 0 Å². The van der Waals surface area contributed by atoms with Crippen LogP contribution in [0.15, 0.2) is 0 Å². The highest BCUT2D eigenvalue weighted by atomic mass is 35.5. The molecule has 1 atom stereocenters. The molecule has 0 radical (unpaired) electrons. The number of hydrogen-bond donors (Lipinski definition) is 3. The fourth-order valence-electron chi connectivity index (χ4n) is 1.57. The highest BCUT2D eigenvalue weighted by molar-refractivity contribution is 6.28. The molecule has 1 aromatic rings. The van der Waals surface area contributed by atoms with Gasteiger partial charge in [-0.05, 0) is 18.5 Å². The van der Waals surface area contributed by atoms with E-state index in [-0.39, 0.29) is 5.28 Å². The van der Waals surface area contributed by atoms with Crippen molar-refractivity contribution in [2.45, 2.75) is 13.0 Å². The number of quaternary nitrogens is 1. The number of halogens is 1. The molecular formula is C11H22ClN6O+. The molecule has 19 heavy (non-hydrogen) atoms. The summed E-state index contributed by atoms with van der Waals surface area (Å²) in [6.45, 7) is 3.63. The third-order valence-electron chi connectivity index (χ3n) is 2.20. The molecule has 0 saturated carbocycles. The summed E-state index contributed by atoms with van der Waals surface area (Å²) in [6, 6.07) is 0. The van der Waals surface area contributed by atoms with Crippen LogP contribution in [0.1, 0.15) is 6.92 Å². The van der Waals surface area contributed by atoms with Gasteiger partial charge in [0.2, 0.25) is 17.2 Å². The number of hydrogen-bond acceptors (Lipinski definition) is 6. The van der Waals surface area contributed by atoms with Crippen LogP contribution in [-0.2, 0) is 0 Å². The molecule has 0 bridgehead atoms. The van der Waals surface area contributed by atoms with E-state index in [9.17, 15) is 5.11 Å². The summed E-state index contributed by atoms with van der Waals surface area (Å²) < 4.78 is 0.684. The van der Waals surface area contributed by atoms with Crippen LogP contribution in [0.4, 0.5) is 11.9 Å². The lowest BCUT2D eigenvalue weighted by Crippen LogP contribution is -2.43. The van der Waals surface area contributed by atoms with Gasteiger partial charge in [-0.1, -0.05) is 0 Å². The monoisotopic (exact) mass is 289 g/mol. The normalized spacial score (nSPS) is 13.2. The van der Waals surface area contributed by atoms with E-state index < -0.39 is 6.10 Å². The lowest BCUT2D eigenvalue weighted by molar-refractivity contribution is -0.873. The Balaban J connectivity index is 2.57. The van der Waals surface area contributed by atoms with Crippen molar-refractivity contribution < 1.29 is 9.59 Å². The predicted octanol–water partition coefficient (Wildman–Crippen LogP) is 0.436. The average molecular weight is 290 g/mol. The van der Waals surface area contributed by atoms with E-state index in [1.165, 1.54) is 0 Å². The second kappa shape index (κ2) is 6.83. The van der Waals surface area contributed by atoms with Gasteiger partial charge in [-0.3, -0.25) is 0 Å². The van der Waals surface area contributed by atoms with Crippen molar-refractivity contribution in [3.63, 3.8) is 0 Å². The number of aliphatic hydroxyl groups excluding tert-OH is 1. The van der Waals surface area contributed by atoms with E-state index in [2.05, 4.69) is 25.6 Å². The lowest BCUT2D eigenvalue weighted by atomic mass is 10.3. The molecule has 3 N–H and O–H groups in total. The van der Waals surface area contributed by atoms with Crippen LogP contribution < -0.4 is 10.6 Å². The van der Waals surface area contributed by atoms with Crippen LogP contribution in [0, 0.1) is 0 Å². The van der Waals surface area contributed by atoms with Crippen LogP contribution in [0.3, 0.4) is 0 Å². The lowest BCUT2D eigenvalue weighted by Gasteiger charge is -2.26. The van der Waals surface area contributed by atoms with Crippen molar-refractivity contribution in [1.29, 1.82) is 0 Å². The molecule has 0 saturated heterocycles. The maximum Gasteiger partial charge on any atom is 0.228 e. The minimum absolute atomic E-state index is 0.120. The average Bonchev–Trinajstić information content (AvgIpc) is 2.24. The molecule has 8 heteroatoms. The van der Waals surface area contributed by atoms with Gasteiger partial charge in [-0.15, -0.1) is 0 Å². The number of aromatic nitrogens is 3. The Morgan fingerprint density at radius 2 is 1.74 bits per heavy atom. The van der Waals surface area contributed by atoms with E-state index in [4.69, 9.17) is 11.6 Å². The first-order valence-corrected chi connectivity index (χ1v) is 6.56. The minimum atomic E-state index is -0.488. The van der Waals surface area contributed by atoms with Gasteiger partial charge in [0.25, 0.3) is 0 Å². The summed E-state index contributed by atoms with van der Waals surface area (Å²) in [5.74, 6) is 0.780. The zero-order chi connectivity index (χ0) is 14.5. The van der Waals surface area contributed by atoms with Gasteiger partial charge < -0.3 is 20.2 Å². The molecule has 0 aliphatic carbocycles. The molecule has 7 nitrogen and oxygen atoms in total. The third kappa shape index (κ3) is 6.51. The van der Waals surface area contributed by atoms with Crippen molar-refractivity contribution in [2.24, 2.45) is 0 Å². The Labute approximate surface area is 118 Å². The summed E-state index contributed by atoms with van der Waals surface area (Å²) >= 11 is 5.80. The van der Waals surface area contributed by atoms with Crippen molar-refractivity contribution in [3.05, 3.63) is 5.28 Å². The number of likely N-dealkylation sites (N-methyl/N-ethyl adjacent to an activating group) is 1. The van der Waals surface area contributed by atoms with Crippen molar-refractivity contribution in [2.75, 3.05) is 51.4 Å². The smallest absolute Gasteiger partial charge is 0.228 e. The molecule has 108 valence electrons. The zero-order valence-electron chi connectivity index (χ0n) is 11.8. The fourth-order valence-corrected chi connectivity index (χ4v) is 1.73. The van der Waals surface area contributed by atoms with Crippen molar-refractivity contribution >= 4 is 23.5 Å². The first-order valence-electron chi connectivity index (χ1n) is 6.18. The van der Waals surface area contributed by atoms with E-state index in [0.29, 0.717) is 36.0 Å². The van der Waals surface area contributed by atoms with Gasteiger partial charge in [-0.2, -0.15) is 15.0 Å². The van der Waals surface area contributed by atoms with Crippen molar-refractivity contribution in [3.8, 4) is 0 Å². The molecule has 1 rings (SSSR count). The minimum Gasteiger partial charge on any atom is -0.385 e. The Morgan fingerprint density at radius 1 is 1.16 bits per heavy atom. The van der Waals surface area contributed by atoms with E-state index in [1.807, 2.05) is 28.1 Å². The van der Waals surface area contributed by atoms with Gasteiger partial charge in [0.1, 0.15) is 12.6 Å². The molecular weight excluding hydrogens is 268 g/mol. The summed E-state index contributed by atoms with van der Waals surface area (Å²) in [5.41, 5.74) is 0. The Bertz CT molecular complexity index is 409. The molecule has 0 amide bonds. The molecule has 0 aliphatic heterocycles. The number of nitrogens with zero attached hydrogens (tertiary/aromatic N) is 4. The van der Waals surface area contributed by atoms with Gasteiger partial charge in [0, 0.05) is 13.1 Å². The highest BCUT2D eigenvalue weighted by Crippen LogP contribution is 2.09. The summed E-state index contributed by atoms with van der Waals surface area (Å²) in [5, 5.41) is 15.9. The Morgan fingerprint density at radius 3 is 2.26 bits per heavy atom. The van der Waals surface area contributed by atoms with Gasteiger partial charge in [0.05, 0.1) is 21.1 Å². The molecule has 0 fully saturated rings. The molecule has 0 spiro atoms. The number of anilines is 2. The molecule has 1 heterocycles. The van der Waals surface area contributed by atoms with Crippen LogP contribution in [0.5, 0.6) is 0 Å². The van der Waals surface area contributed by atoms with Gasteiger partial charge >= 0.3 is 0 Å². The number of rotatable bonds is 7. The van der Waals surface area contributed by atoms with E-state index in [0.717, 1.165) is 0 Å². The maximum absolute atomic E-state index is 9.89. The van der Waals surface area contributed by atoms with Crippen molar-refractivity contribution in [1.82, 2.24) is 15.0 Å². The number of aliphatic hydroxyl groups is 1. The molecule has 1 unspecified atom stereocenters. The van der Waals surface area contributed by atoms with E-state index >= 15 is 0 Å². The summed E-state index contributed by atoms with van der Waals surface area (Å²) in [6.07, 6.45) is -0.488. The largest absolute Gasteiger partial charge is 0.385 e. The Hall–Kier alpha value is -1.18. The highest BCUT2D eigenvalue weighted by Gasteiger charge is 2.15. The molecule has 1 aromatic heterocycles. The summed E-state index contributed by atoms with van der Waals surface area (Å²) in [7, 11) is 6.06. The van der Waals surface area contributed by atoms with Crippen LogP contribution in [-0.4, -0.2) is 71.4 Å². The maximum atomic E-state index is 9.89. The van der Waals surface area contributed by atoms with Crippen LogP contribution in [0.2, 0.25) is 5.28 Å². The first kappa shape index (κ1) is 15.9. The number of nitrogens with one attached hydrogen (secondary N) is 2. The standard InChI is InChI=1S/C11H22ClN6O/c1-5-13-10-15-9(12)16-11(17-10)14-6-8(19)7-18(2,3)4/h8,19H,5-7H2,1-4H3,(H2,13,14,15,16,17)/q+1. The van der Waals surface area contributed by atoms with Gasteiger partial charge in [-0.25, -0.2) is 0 Å². The SMILES string of the molecule is CCNc1nc(Cl)nc(NCC(O)C[N+](C)(C)C)n1. The van der Waals surface area contributed by atoms with Crippen LogP contribution >= 0.6 is 11.6 Å². The second-order valence-corrected chi connectivity index (χ2v) is 5.63. The first-order chi connectivity index (χ1) is 8.80. The van der Waals surface area contributed by atoms with E-state index in [1.54, 1.807) is 0 Å². The second-order valence-electron chi connectivity index (χ2n) is 5.29. The Kier molecular flexibility index (Phi) is 5.71. The third-order valence-corrected chi connectivity index (χ3v) is 2.37. The predicted molar refractivity (Wildman–Crippen MR) is 76.4 cm³/mol.